The molecule has 1 N–H and O–H groups in total. The Bertz CT molecular complexity index is 405. The Labute approximate surface area is 104 Å². The summed E-state index contributed by atoms with van der Waals surface area (Å²) in [6.07, 6.45) is 0. The number of carbonyl (C=O) groups excluding carboxylic acids is 1. The molecule has 0 spiro atoms. The third kappa shape index (κ3) is 2.62. The van der Waals surface area contributed by atoms with E-state index >= 15 is 0 Å². The molecule has 0 bridgehead atoms. The molecule has 5 heteroatoms. The van der Waals surface area contributed by atoms with Crippen molar-refractivity contribution in [3.63, 3.8) is 0 Å². The van der Waals surface area contributed by atoms with Crippen molar-refractivity contribution in [3.8, 4) is 0 Å². The fraction of sp³-hybridized carbons (Fsp3) is 0.364. The van der Waals surface area contributed by atoms with Crippen molar-refractivity contribution in [1.82, 2.24) is 4.90 Å². The third-order valence-corrected chi connectivity index (χ3v) is 3.68. The van der Waals surface area contributed by atoms with Crippen LogP contribution in [0.25, 0.3) is 0 Å². The van der Waals surface area contributed by atoms with Crippen LogP contribution in [0.3, 0.4) is 0 Å². The van der Waals surface area contributed by atoms with E-state index in [4.69, 9.17) is 11.6 Å². The largest absolute Gasteiger partial charge is 0.322 e. The van der Waals surface area contributed by atoms with Crippen LogP contribution in [-0.4, -0.2) is 29.1 Å². The van der Waals surface area contributed by atoms with Crippen LogP contribution >= 0.6 is 23.4 Å². The van der Waals surface area contributed by atoms with Crippen molar-refractivity contribution in [2.75, 3.05) is 23.5 Å². The second kappa shape index (κ2) is 4.97. The highest BCUT2D eigenvalue weighted by molar-refractivity contribution is 7.99. The van der Waals surface area contributed by atoms with Crippen LogP contribution in [-0.2, 0) is 0 Å². The van der Waals surface area contributed by atoms with E-state index in [1.165, 1.54) is 0 Å². The van der Waals surface area contributed by atoms with Gasteiger partial charge in [-0.1, -0.05) is 17.7 Å². The first kappa shape index (κ1) is 11.6. The molecule has 1 saturated heterocycles. The molecule has 86 valence electrons. The van der Waals surface area contributed by atoms with Gasteiger partial charge in [0.05, 0.1) is 16.6 Å². The maximum Gasteiger partial charge on any atom is 0.322 e. The van der Waals surface area contributed by atoms with E-state index < -0.39 is 0 Å². The summed E-state index contributed by atoms with van der Waals surface area (Å²) in [5.41, 5.74) is 1.76. The number of halogens is 1. The smallest absolute Gasteiger partial charge is 0.314 e. The number of nitrogens with one attached hydrogen (secondary N) is 1. The summed E-state index contributed by atoms with van der Waals surface area (Å²) in [6, 6.07) is 5.53. The SMILES string of the molecule is Cc1ccc(NC(=O)N2CCSC2)c(Cl)c1. The van der Waals surface area contributed by atoms with Crippen molar-refractivity contribution in [1.29, 1.82) is 0 Å². The van der Waals surface area contributed by atoms with E-state index in [-0.39, 0.29) is 6.03 Å². The Morgan fingerprint density at radius 2 is 2.38 bits per heavy atom. The zero-order chi connectivity index (χ0) is 11.5. The molecular weight excluding hydrogens is 244 g/mol. The van der Waals surface area contributed by atoms with Gasteiger partial charge in [0.15, 0.2) is 0 Å². The van der Waals surface area contributed by atoms with Crippen molar-refractivity contribution >= 4 is 35.1 Å². The predicted octanol–water partition coefficient (Wildman–Crippen LogP) is 3.19. The highest BCUT2D eigenvalue weighted by Crippen LogP contribution is 2.23. The first-order chi connectivity index (χ1) is 7.66. The lowest BCUT2D eigenvalue weighted by Gasteiger charge is -2.16. The number of amides is 2. The first-order valence-corrected chi connectivity index (χ1v) is 6.60. The molecule has 2 rings (SSSR count). The zero-order valence-corrected chi connectivity index (χ0v) is 10.6. The minimum Gasteiger partial charge on any atom is -0.314 e. The van der Waals surface area contributed by atoms with E-state index in [0.717, 1.165) is 23.7 Å². The monoisotopic (exact) mass is 256 g/mol. The summed E-state index contributed by atoms with van der Waals surface area (Å²) in [5, 5.41) is 3.40. The lowest BCUT2D eigenvalue weighted by molar-refractivity contribution is 0.225. The summed E-state index contributed by atoms with van der Waals surface area (Å²) in [5.74, 6) is 1.77. The second-order valence-corrected chi connectivity index (χ2v) is 5.20. The molecule has 1 fully saturated rings. The van der Waals surface area contributed by atoms with Gasteiger partial charge in [-0.25, -0.2) is 4.79 Å². The van der Waals surface area contributed by atoms with Crippen LogP contribution in [0.2, 0.25) is 5.02 Å². The van der Waals surface area contributed by atoms with Gasteiger partial charge in [-0.15, -0.1) is 11.8 Å². The van der Waals surface area contributed by atoms with Crippen LogP contribution in [0.1, 0.15) is 5.56 Å². The molecule has 0 atom stereocenters. The van der Waals surface area contributed by atoms with Gasteiger partial charge in [-0.2, -0.15) is 0 Å². The maximum atomic E-state index is 11.8. The standard InChI is InChI=1S/C11H13ClN2OS/c1-8-2-3-10(9(12)6-8)13-11(15)14-4-5-16-7-14/h2-3,6H,4-5,7H2,1H3,(H,13,15). The van der Waals surface area contributed by atoms with Crippen LogP contribution < -0.4 is 5.32 Å². The van der Waals surface area contributed by atoms with Crippen molar-refractivity contribution in [2.24, 2.45) is 0 Å². The molecule has 3 nitrogen and oxygen atoms in total. The summed E-state index contributed by atoms with van der Waals surface area (Å²) in [6.45, 7) is 2.77. The van der Waals surface area contributed by atoms with Crippen LogP contribution in [0.5, 0.6) is 0 Å². The Balaban J connectivity index is 2.05. The van der Waals surface area contributed by atoms with E-state index in [2.05, 4.69) is 5.32 Å². The Kier molecular flexibility index (Phi) is 3.61. The first-order valence-electron chi connectivity index (χ1n) is 5.06. The average Bonchev–Trinajstić information content (AvgIpc) is 2.75. The van der Waals surface area contributed by atoms with Gasteiger partial charge in [0, 0.05) is 12.3 Å². The van der Waals surface area contributed by atoms with Crippen LogP contribution in [0.4, 0.5) is 10.5 Å². The second-order valence-electron chi connectivity index (χ2n) is 3.71. The molecule has 0 radical (unpaired) electrons. The number of anilines is 1. The maximum absolute atomic E-state index is 11.8. The molecule has 1 aromatic carbocycles. The summed E-state index contributed by atoms with van der Waals surface area (Å²) >= 11 is 7.80. The van der Waals surface area contributed by atoms with Crippen molar-refractivity contribution < 1.29 is 4.79 Å². The fourth-order valence-corrected chi connectivity index (χ4v) is 2.72. The average molecular weight is 257 g/mol. The number of nitrogens with zero attached hydrogens (tertiary/aromatic N) is 1. The van der Waals surface area contributed by atoms with E-state index in [1.807, 2.05) is 25.1 Å². The molecular formula is C11H13ClN2OS. The quantitative estimate of drug-likeness (QED) is 0.837. The van der Waals surface area contributed by atoms with Gasteiger partial charge in [-0.3, -0.25) is 0 Å². The molecule has 1 aliphatic heterocycles. The molecule has 0 unspecified atom stereocenters. The summed E-state index contributed by atoms with van der Waals surface area (Å²) in [4.78, 5) is 13.6. The number of carbonyl (C=O) groups is 1. The lowest BCUT2D eigenvalue weighted by Crippen LogP contribution is -2.32. The highest BCUT2D eigenvalue weighted by atomic mass is 35.5. The number of hydrogen-bond donors (Lipinski definition) is 1. The van der Waals surface area contributed by atoms with E-state index in [1.54, 1.807) is 16.7 Å². The van der Waals surface area contributed by atoms with Gasteiger partial charge in [0.2, 0.25) is 0 Å². The van der Waals surface area contributed by atoms with Crippen LogP contribution in [0.15, 0.2) is 18.2 Å². The molecule has 1 aliphatic rings. The number of urea groups is 1. The molecule has 2 amide bonds. The molecule has 1 aromatic rings. The molecule has 0 saturated carbocycles. The van der Waals surface area contributed by atoms with Gasteiger partial charge in [-0.05, 0) is 24.6 Å². The Morgan fingerprint density at radius 3 is 3.00 bits per heavy atom. The third-order valence-electron chi connectivity index (χ3n) is 2.41. The number of hydrogen-bond acceptors (Lipinski definition) is 2. The molecule has 1 heterocycles. The predicted molar refractivity (Wildman–Crippen MR) is 69.2 cm³/mol. The number of thioether (sulfide) groups is 1. The number of benzene rings is 1. The number of rotatable bonds is 1. The minimum absolute atomic E-state index is 0.0734. The Morgan fingerprint density at radius 1 is 1.56 bits per heavy atom. The van der Waals surface area contributed by atoms with Crippen LogP contribution in [0, 0.1) is 6.92 Å². The van der Waals surface area contributed by atoms with E-state index in [9.17, 15) is 4.79 Å². The van der Waals surface area contributed by atoms with Crippen molar-refractivity contribution in [2.45, 2.75) is 6.92 Å². The highest BCUT2D eigenvalue weighted by Gasteiger charge is 2.18. The minimum atomic E-state index is -0.0734. The fourth-order valence-electron chi connectivity index (χ4n) is 1.49. The topological polar surface area (TPSA) is 32.3 Å². The Hall–Kier alpha value is -0.870. The molecule has 0 aromatic heterocycles. The van der Waals surface area contributed by atoms with Gasteiger partial charge < -0.3 is 10.2 Å². The number of aryl methyl sites for hydroxylation is 1. The van der Waals surface area contributed by atoms with Gasteiger partial charge in [0.1, 0.15) is 0 Å². The lowest BCUT2D eigenvalue weighted by atomic mass is 10.2. The molecule has 0 aliphatic carbocycles. The summed E-state index contributed by atoms with van der Waals surface area (Å²) in [7, 11) is 0. The van der Waals surface area contributed by atoms with Gasteiger partial charge in [0.25, 0.3) is 0 Å². The zero-order valence-electron chi connectivity index (χ0n) is 9.00. The normalized spacial score (nSPS) is 15.2. The summed E-state index contributed by atoms with van der Waals surface area (Å²) < 4.78 is 0. The molecule has 16 heavy (non-hydrogen) atoms. The van der Waals surface area contributed by atoms with Gasteiger partial charge >= 0.3 is 6.03 Å². The van der Waals surface area contributed by atoms with E-state index in [0.29, 0.717) is 10.7 Å². The van der Waals surface area contributed by atoms with Crippen molar-refractivity contribution in [3.05, 3.63) is 28.8 Å².